The Labute approximate surface area is 90.6 Å². The third-order valence-corrected chi connectivity index (χ3v) is 3.70. The van der Waals surface area contributed by atoms with Gasteiger partial charge < -0.3 is 9.73 Å². The molecule has 0 saturated carbocycles. The molecule has 5 heteroatoms. The van der Waals surface area contributed by atoms with E-state index in [0.29, 0.717) is 18.7 Å². The first-order chi connectivity index (χ1) is 7.07. The molecule has 0 radical (unpaired) electrons. The highest BCUT2D eigenvalue weighted by molar-refractivity contribution is 7.90. The highest BCUT2D eigenvalue weighted by Gasteiger charge is 2.13. The van der Waals surface area contributed by atoms with Crippen molar-refractivity contribution in [3.8, 4) is 0 Å². The van der Waals surface area contributed by atoms with Crippen LogP contribution >= 0.6 is 0 Å². The van der Waals surface area contributed by atoms with Crippen LogP contribution in [0.5, 0.6) is 0 Å². The fraction of sp³-hybridized carbons (Fsp3) is 0.600. The molecule has 4 nitrogen and oxygen atoms in total. The fourth-order valence-electron chi connectivity index (χ4n) is 1.37. The third kappa shape index (κ3) is 4.05. The standard InChI is InChI=1S/C10H17NO3S/c1-3-6-15(12,13)8-10-5-4-9(14-10)7-11-2/h4-5,11H,3,6-8H2,1-2H3. The lowest BCUT2D eigenvalue weighted by Crippen LogP contribution is -2.08. The maximum absolute atomic E-state index is 11.5. The average molecular weight is 231 g/mol. The molecule has 0 aliphatic carbocycles. The molecule has 0 aliphatic rings. The Balaban J connectivity index is 2.64. The van der Waals surface area contributed by atoms with Crippen LogP contribution in [0.15, 0.2) is 16.5 Å². The molecule has 0 spiro atoms. The van der Waals surface area contributed by atoms with Crippen LogP contribution in [0.4, 0.5) is 0 Å². The van der Waals surface area contributed by atoms with E-state index in [-0.39, 0.29) is 11.5 Å². The van der Waals surface area contributed by atoms with Crippen LogP contribution < -0.4 is 5.32 Å². The molecule has 0 saturated heterocycles. The average Bonchev–Trinajstić information content (AvgIpc) is 2.52. The molecule has 0 fully saturated rings. The topological polar surface area (TPSA) is 59.3 Å². The Hall–Kier alpha value is -0.810. The van der Waals surface area contributed by atoms with Crippen molar-refractivity contribution in [3.63, 3.8) is 0 Å². The summed E-state index contributed by atoms with van der Waals surface area (Å²) < 4.78 is 28.3. The number of hydrogen-bond donors (Lipinski definition) is 1. The Morgan fingerprint density at radius 3 is 2.60 bits per heavy atom. The third-order valence-electron chi connectivity index (χ3n) is 1.95. The monoisotopic (exact) mass is 231 g/mol. The molecule has 1 heterocycles. The lowest BCUT2D eigenvalue weighted by Gasteiger charge is -1.99. The molecule has 0 aliphatic heterocycles. The minimum atomic E-state index is -3.00. The Morgan fingerprint density at radius 2 is 2.00 bits per heavy atom. The number of furan rings is 1. The predicted octanol–water partition coefficient (Wildman–Crippen LogP) is 1.32. The van der Waals surface area contributed by atoms with Crippen LogP contribution in [0.2, 0.25) is 0 Å². The minimum absolute atomic E-state index is 0.00452. The number of sulfone groups is 1. The van der Waals surface area contributed by atoms with Crippen molar-refractivity contribution >= 4 is 9.84 Å². The number of rotatable bonds is 6. The molecule has 1 rings (SSSR count). The molecule has 0 bridgehead atoms. The van der Waals surface area contributed by atoms with Crippen LogP contribution in [0.25, 0.3) is 0 Å². The van der Waals surface area contributed by atoms with Gasteiger partial charge in [0.15, 0.2) is 9.84 Å². The van der Waals surface area contributed by atoms with Gasteiger partial charge in [-0.25, -0.2) is 8.42 Å². The molecule has 1 aromatic heterocycles. The smallest absolute Gasteiger partial charge is 0.157 e. The van der Waals surface area contributed by atoms with Crippen molar-refractivity contribution in [2.45, 2.75) is 25.6 Å². The second-order valence-corrected chi connectivity index (χ2v) is 5.67. The second-order valence-electron chi connectivity index (χ2n) is 3.49. The van der Waals surface area contributed by atoms with Crippen molar-refractivity contribution in [2.24, 2.45) is 0 Å². The summed E-state index contributed by atoms with van der Waals surface area (Å²) in [4.78, 5) is 0. The highest BCUT2D eigenvalue weighted by atomic mass is 32.2. The molecule has 0 amide bonds. The normalized spacial score (nSPS) is 11.9. The molecular weight excluding hydrogens is 214 g/mol. The van der Waals surface area contributed by atoms with Crippen molar-refractivity contribution in [3.05, 3.63) is 23.7 Å². The molecule has 0 atom stereocenters. The molecular formula is C10H17NO3S. The first-order valence-electron chi connectivity index (χ1n) is 5.00. The van der Waals surface area contributed by atoms with E-state index in [1.54, 1.807) is 12.1 Å². The van der Waals surface area contributed by atoms with E-state index in [4.69, 9.17) is 4.42 Å². The van der Waals surface area contributed by atoms with Crippen LogP contribution in [0.1, 0.15) is 24.9 Å². The maximum atomic E-state index is 11.5. The van der Waals surface area contributed by atoms with Gasteiger partial charge in [-0.05, 0) is 25.6 Å². The van der Waals surface area contributed by atoms with Crippen LogP contribution in [0.3, 0.4) is 0 Å². The second kappa shape index (κ2) is 5.32. The number of nitrogens with one attached hydrogen (secondary N) is 1. The van der Waals surface area contributed by atoms with Gasteiger partial charge in [0.25, 0.3) is 0 Å². The van der Waals surface area contributed by atoms with Crippen LogP contribution in [-0.2, 0) is 22.1 Å². The quantitative estimate of drug-likeness (QED) is 0.802. The first-order valence-corrected chi connectivity index (χ1v) is 6.82. The Kier molecular flexibility index (Phi) is 4.35. The zero-order valence-corrected chi connectivity index (χ0v) is 9.93. The zero-order chi connectivity index (χ0) is 11.3. The first kappa shape index (κ1) is 12.3. The van der Waals surface area contributed by atoms with E-state index in [1.165, 1.54) is 0 Å². The largest absolute Gasteiger partial charge is 0.464 e. The van der Waals surface area contributed by atoms with Gasteiger partial charge in [-0.1, -0.05) is 6.92 Å². The van der Waals surface area contributed by atoms with Crippen LogP contribution in [-0.4, -0.2) is 21.2 Å². The van der Waals surface area contributed by atoms with Crippen molar-refractivity contribution in [1.29, 1.82) is 0 Å². The summed E-state index contributed by atoms with van der Waals surface area (Å²) in [7, 11) is -1.18. The summed E-state index contributed by atoms with van der Waals surface area (Å²) >= 11 is 0. The fourth-order valence-corrected chi connectivity index (χ4v) is 2.72. The Morgan fingerprint density at radius 1 is 1.33 bits per heavy atom. The van der Waals surface area contributed by atoms with E-state index < -0.39 is 9.84 Å². The molecule has 1 N–H and O–H groups in total. The van der Waals surface area contributed by atoms with Gasteiger partial charge in [0.1, 0.15) is 17.3 Å². The van der Waals surface area contributed by atoms with Crippen molar-refractivity contribution in [2.75, 3.05) is 12.8 Å². The predicted molar refractivity (Wildman–Crippen MR) is 59.3 cm³/mol. The van der Waals surface area contributed by atoms with Gasteiger partial charge in [0.2, 0.25) is 0 Å². The maximum Gasteiger partial charge on any atom is 0.157 e. The van der Waals surface area contributed by atoms with Crippen molar-refractivity contribution in [1.82, 2.24) is 5.32 Å². The summed E-state index contributed by atoms with van der Waals surface area (Å²) in [6.07, 6.45) is 0.645. The molecule has 1 aromatic rings. The van der Waals surface area contributed by atoms with Gasteiger partial charge >= 0.3 is 0 Å². The van der Waals surface area contributed by atoms with Crippen molar-refractivity contribution < 1.29 is 12.8 Å². The molecule has 15 heavy (non-hydrogen) atoms. The SMILES string of the molecule is CCCS(=O)(=O)Cc1ccc(CNC)o1. The summed E-state index contributed by atoms with van der Waals surface area (Å²) in [6.45, 7) is 2.47. The van der Waals surface area contributed by atoms with E-state index in [9.17, 15) is 8.42 Å². The van der Waals surface area contributed by atoms with Gasteiger partial charge in [0, 0.05) is 0 Å². The zero-order valence-electron chi connectivity index (χ0n) is 9.12. The highest BCUT2D eigenvalue weighted by Crippen LogP contribution is 2.12. The van der Waals surface area contributed by atoms with E-state index in [1.807, 2.05) is 14.0 Å². The van der Waals surface area contributed by atoms with Gasteiger partial charge in [0.05, 0.1) is 12.3 Å². The molecule has 0 unspecified atom stereocenters. The summed E-state index contributed by atoms with van der Waals surface area (Å²) in [5, 5.41) is 2.94. The number of hydrogen-bond acceptors (Lipinski definition) is 4. The van der Waals surface area contributed by atoms with E-state index in [0.717, 1.165) is 5.76 Å². The molecule has 86 valence electrons. The summed E-state index contributed by atoms with van der Waals surface area (Å²) in [6, 6.07) is 3.52. The van der Waals surface area contributed by atoms with Gasteiger partial charge in [-0.15, -0.1) is 0 Å². The lowest BCUT2D eigenvalue weighted by molar-refractivity contribution is 0.465. The Bertz CT molecular complexity index is 395. The van der Waals surface area contributed by atoms with E-state index >= 15 is 0 Å². The van der Waals surface area contributed by atoms with Gasteiger partial charge in [-0.3, -0.25) is 0 Å². The van der Waals surface area contributed by atoms with Gasteiger partial charge in [-0.2, -0.15) is 0 Å². The summed E-state index contributed by atoms with van der Waals surface area (Å²) in [5.41, 5.74) is 0. The van der Waals surface area contributed by atoms with Crippen LogP contribution in [0, 0.1) is 0 Å². The van der Waals surface area contributed by atoms with E-state index in [2.05, 4.69) is 5.32 Å². The summed E-state index contributed by atoms with van der Waals surface area (Å²) in [5.74, 6) is 1.51. The molecule has 0 aromatic carbocycles. The lowest BCUT2D eigenvalue weighted by atomic mass is 10.4. The minimum Gasteiger partial charge on any atom is -0.464 e.